The smallest absolute Gasteiger partial charge is 0.246 e. The Bertz CT molecular complexity index is 604. The normalized spacial score (nSPS) is 19.4. The maximum atomic E-state index is 11.9. The van der Waals surface area contributed by atoms with E-state index in [4.69, 9.17) is 9.47 Å². The number of carbonyl (C=O) groups is 1. The van der Waals surface area contributed by atoms with E-state index in [1.807, 2.05) is 31.2 Å². The average molecular weight is 320 g/mol. The molecule has 0 radical (unpaired) electrons. The van der Waals surface area contributed by atoms with Gasteiger partial charge >= 0.3 is 0 Å². The summed E-state index contributed by atoms with van der Waals surface area (Å²) in [5.41, 5.74) is 0.975. The Labute approximate surface area is 133 Å². The van der Waals surface area contributed by atoms with Crippen molar-refractivity contribution in [2.24, 2.45) is 0 Å². The first kappa shape index (κ1) is 15.4. The van der Waals surface area contributed by atoms with Crippen molar-refractivity contribution < 1.29 is 14.3 Å². The highest BCUT2D eigenvalue weighted by Crippen LogP contribution is 2.21. The van der Waals surface area contributed by atoms with E-state index in [1.54, 1.807) is 11.3 Å². The molecule has 118 valence electrons. The number of benzene rings is 1. The Hall–Kier alpha value is -1.50. The van der Waals surface area contributed by atoms with E-state index in [9.17, 15) is 4.79 Å². The lowest BCUT2D eigenvalue weighted by molar-refractivity contribution is -0.127. The first-order valence-corrected chi connectivity index (χ1v) is 8.37. The summed E-state index contributed by atoms with van der Waals surface area (Å²) in [6.45, 7) is 3.18. The summed E-state index contributed by atoms with van der Waals surface area (Å²) in [7, 11) is 0. The molecule has 0 spiro atoms. The number of fused-ring (bicyclic) bond motifs is 1. The van der Waals surface area contributed by atoms with Gasteiger partial charge in [0.05, 0.1) is 29.0 Å². The van der Waals surface area contributed by atoms with Gasteiger partial charge in [0.2, 0.25) is 5.91 Å². The van der Waals surface area contributed by atoms with Gasteiger partial charge < -0.3 is 14.8 Å². The van der Waals surface area contributed by atoms with E-state index in [0.29, 0.717) is 6.61 Å². The van der Waals surface area contributed by atoms with Crippen LogP contribution in [-0.4, -0.2) is 36.3 Å². The number of amides is 1. The molecule has 0 saturated carbocycles. The van der Waals surface area contributed by atoms with Gasteiger partial charge in [-0.15, -0.1) is 11.3 Å². The minimum Gasteiger partial charge on any atom is -0.376 e. The third kappa shape index (κ3) is 3.82. The fraction of sp³-hybridized carbons (Fsp3) is 0.500. The van der Waals surface area contributed by atoms with Crippen LogP contribution in [0.1, 0.15) is 24.8 Å². The first-order valence-electron chi connectivity index (χ1n) is 7.55. The van der Waals surface area contributed by atoms with Crippen molar-refractivity contribution in [2.45, 2.75) is 38.5 Å². The van der Waals surface area contributed by atoms with Crippen LogP contribution in [0.5, 0.6) is 0 Å². The minimum atomic E-state index is -0.107. The van der Waals surface area contributed by atoms with Crippen molar-refractivity contribution in [3.63, 3.8) is 0 Å². The Morgan fingerprint density at radius 1 is 1.55 bits per heavy atom. The van der Waals surface area contributed by atoms with Gasteiger partial charge in [-0.05, 0) is 31.9 Å². The molecule has 1 amide bonds. The molecule has 1 aliphatic rings. The Balaban J connectivity index is 1.43. The molecule has 0 unspecified atom stereocenters. The van der Waals surface area contributed by atoms with Gasteiger partial charge in [-0.3, -0.25) is 4.79 Å². The van der Waals surface area contributed by atoms with Crippen molar-refractivity contribution in [3.8, 4) is 0 Å². The molecule has 0 aliphatic carbocycles. The molecule has 1 aromatic carbocycles. The number of carbonyl (C=O) groups excluding carboxylic acids is 1. The summed E-state index contributed by atoms with van der Waals surface area (Å²) in [4.78, 5) is 16.3. The summed E-state index contributed by atoms with van der Waals surface area (Å²) in [5, 5.41) is 3.82. The zero-order chi connectivity index (χ0) is 15.4. The minimum absolute atomic E-state index is 0.0288. The number of thiazole rings is 1. The molecule has 2 atom stereocenters. The monoisotopic (exact) mass is 320 g/mol. The summed E-state index contributed by atoms with van der Waals surface area (Å²) in [6, 6.07) is 8.00. The van der Waals surface area contributed by atoms with Gasteiger partial charge in [-0.25, -0.2) is 4.98 Å². The average Bonchev–Trinajstić information content (AvgIpc) is 3.16. The zero-order valence-electron chi connectivity index (χ0n) is 12.6. The Morgan fingerprint density at radius 2 is 2.41 bits per heavy atom. The number of rotatable bonds is 6. The second kappa shape index (κ2) is 7.17. The molecule has 1 aliphatic heterocycles. The predicted molar refractivity (Wildman–Crippen MR) is 85.9 cm³/mol. The lowest BCUT2D eigenvalue weighted by Gasteiger charge is -2.19. The molecule has 1 aromatic heterocycles. The number of nitrogens with zero attached hydrogens (tertiary/aromatic N) is 1. The second-order valence-corrected chi connectivity index (χ2v) is 6.59. The van der Waals surface area contributed by atoms with E-state index < -0.39 is 0 Å². The topological polar surface area (TPSA) is 60.5 Å². The highest BCUT2D eigenvalue weighted by Gasteiger charge is 2.23. The molecule has 1 fully saturated rings. The van der Waals surface area contributed by atoms with Crippen molar-refractivity contribution in [1.29, 1.82) is 0 Å². The standard InChI is InChI=1S/C16H20N2O3S/c1-11(13-6-4-8-21-13)17-15(19)9-20-10-16-18-12-5-2-3-7-14(12)22-16/h2-3,5,7,11,13H,4,6,8-10H2,1H3,(H,17,19)/t11-,13-/m1/s1. The summed E-state index contributed by atoms with van der Waals surface area (Å²) in [5.74, 6) is -0.107. The van der Waals surface area contributed by atoms with Crippen LogP contribution in [0.25, 0.3) is 10.2 Å². The van der Waals surface area contributed by atoms with Gasteiger partial charge in [0.25, 0.3) is 0 Å². The molecule has 6 heteroatoms. The van der Waals surface area contributed by atoms with Crippen LogP contribution in [0, 0.1) is 0 Å². The van der Waals surface area contributed by atoms with Crippen LogP contribution >= 0.6 is 11.3 Å². The van der Waals surface area contributed by atoms with E-state index in [2.05, 4.69) is 10.3 Å². The largest absolute Gasteiger partial charge is 0.376 e. The molecular formula is C16H20N2O3S. The third-order valence-electron chi connectivity index (χ3n) is 3.71. The Morgan fingerprint density at radius 3 is 3.18 bits per heavy atom. The summed E-state index contributed by atoms with van der Waals surface area (Å²) >= 11 is 1.60. The van der Waals surface area contributed by atoms with E-state index >= 15 is 0 Å². The number of hydrogen-bond acceptors (Lipinski definition) is 5. The molecule has 3 rings (SSSR count). The highest BCUT2D eigenvalue weighted by molar-refractivity contribution is 7.18. The fourth-order valence-electron chi connectivity index (χ4n) is 2.60. The Kier molecular flexibility index (Phi) is 5.02. The van der Waals surface area contributed by atoms with E-state index in [-0.39, 0.29) is 24.7 Å². The van der Waals surface area contributed by atoms with Crippen LogP contribution in [0.3, 0.4) is 0 Å². The SMILES string of the molecule is C[C@@H](NC(=O)COCc1nc2ccccc2s1)[C@H]1CCCO1. The number of hydrogen-bond donors (Lipinski definition) is 1. The number of para-hydroxylation sites is 1. The number of aromatic nitrogens is 1. The van der Waals surface area contributed by atoms with Crippen LogP contribution in [0.4, 0.5) is 0 Å². The third-order valence-corrected chi connectivity index (χ3v) is 4.72. The van der Waals surface area contributed by atoms with Crippen molar-refractivity contribution in [3.05, 3.63) is 29.3 Å². The van der Waals surface area contributed by atoms with Crippen LogP contribution in [-0.2, 0) is 20.9 Å². The molecule has 22 heavy (non-hydrogen) atoms. The van der Waals surface area contributed by atoms with Crippen molar-refractivity contribution in [2.75, 3.05) is 13.2 Å². The molecule has 2 aromatic rings. The van der Waals surface area contributed by atoms with Gasteiger partial charge in [-0.1, -0.05) is 12.1 Å². The molecule has 2 heterocycles. The van der Waals surface area contributed by atoms with Crippen molar-refractivity contribution in [1.82, 2.24) is 10.3 Å². The molecule has 1 saturated heterocycles. The number of nitrogens with one attached hydrogen (secondary N) is 1. The number of ether oxygens (including phenoxy) is 2. The van der Waals surface area contributed by atoms with Gasteiger partial charge in [0.15, 0.2) is 0 Å². The lowest BCUT2D eigenvalue weighted by Crippen LogP contribution is -2.42. The lowest BCUT2D eigenvalue weighted by atomic mass is 10.1. The van der Waals surface area contributed by atoms with Crippen LogP contribution in [0.2, 0.25) is 0 Å². The quantitative estimate of drug-likeness (QED) is 0.888. The molecule has 1 N–H and O–H groups in total. The zero-order valence-corrected chi connectivity index (χ0v) is 13.4. The van der Waals surface area contributed by atoms with Gasteiger partial charge in [-0.2, -0.15) is 0 Å². The van der Waals surface area contributed by atoms with Gasteiger partial charge in [0.1, 0.15) is 11.6 Å². The first-order chi connectivity index (χ1) is 10.7. The molecular weight excluding hydrogens is 300 g/mol. The van der Waals surface area contributed by atoms with Gasteiger partial charge in [0, 0.05) is 6.61 Å². The highest BCUT2D eigenvalue weighted by atomic mass is 32.1. The summed E-state index contributed by atoms with van der Waals surface area (Å²) < 4.78 is 12.2. The maximum Gasteiger partial charge on any atom is 0.246 e. The second-order valence-electron chi connectivity index (χ2n) is 5.48. The molecule has 5 nitrogen and oxygen atoms in total. The van der Waals surface area contributed by atoms with E-state index in [1.165, 1.54) is 0 Å². The van der Waals surface area contributed by atoms with E-state index in [0.717, 1.165) is 34.7 Å². The maximum absolute atomic E-state index is 11.9. The van der Waals surface area contributed by atoms with Crippen LogP contribution in [0.15, 0.2) is 24.3 Å². The summed E-state index contributed by atoms with van der Waals surface area (Å²) in [6.07, 6.45) is 2.21. The molecule has 0 bridgehead atoms. The van der Waals surface area contributed by atoms with Crippen LogP contribution < -0.4 is 5.32 Å². The fourth-order valence-corrected chi connectivity index (χ4v) is 3.50. The predicted octanol–water partition coefficient (Wildman–Crippen LogP) is 2.50. The van der Waals surface area contributed by atoms with Crippen molar-refractivity contribution >= 4 is 27.5 Å².